The van der Waals surface area contributed by atoms with Crippen LogP contribution in [0.3, 0.4) is 0 Å². The highest BCUT2D eigenvalue weighted by Crippen LogP contribution is 2.37. The van der Waals surface area contributed by atoms with Gasteiger partial charge in [-0.15, -0.1) is 5.10 Å². The fraction of sp³-hybridized carbons (Fsp3) is 0.286. The van der Waals surface area contributed by atoms with Crippen molar-refractivity contribution >= 4 is 17.9 Å². The normalized spacial score (nSPS) is 20.4. The van der Waals surface area contributed by atoms with E-state index in [4.69, 9.17) is 10.8 Å². The molecular formula is C14H14N4O4. The Hall–Kier alpha value is -2.90. The molecule has 0 saturated heterocycles. The highest BCUT2D eigenvalue weighted by atomic mass is 16.4. The van der Waals surface area contributed by atoms with Crippen molar-refractivity contribution in [1.29, 1.82) is 0 Å². The van der Waals surface area contributed by atoms with Gasteiger partial charge in [-0.2, -0.15) is 4.98 Å². The largest absolute Gasteiger partial charge is 0.480 e. The molecule has 1 aliphatic rings. The summed E-state index contributed by atoms with van der Waals surface area (Å²) in [7, 11) is 0. The first-order valence-corrected chi connectivity index (χ1v) is 6.74. The second-order valence-corrected chi connectivity index (χ2v) is 5.19. The Kier molecular flexibility index (Phi) is 3.28. The fourth-order valence-corrected chi connectivity index (χ4v) is 2.88. The third kappa shape index (κ3) is 2.28. The van der Waals surface area contributed by atoms with Crippen LogP contribution < -0.4 is 5.73 Å². The Morgan fingerprint density at radius 3 is 2.50 bits per heavy atom. The van der Waals surface area contributed by atoms with Crippen LogP contribution in [0.15, 0.2) is 24.3 Å². The van der Waals surface area contributed by atoms with Crippen LogP contribution in [-0.2, 0) is 11.2 Å². The molecule has 22 heavy (non-hydrogen) atoms. The van der Waals surface area contributed by atoms with E-state index >= 15 is 0 Å². The number of carboxylic acid groups (broad SMARTS) is 2. The third-order valence-electron chi connectivity index (χ3n) is 3.88. The Balaban J connectivity index is 1.99. The Morgan fingerprint density at radius 1 is 1.23 bits per heavy atom. The second kappa shape index (κ2) is 5.14. The van der Waals surface area contributed by atoms with Gasteiger partial charge in [0.2, 0.25) is 5.95 Å². The number of carboxylic acids is 2. The van der Waals surface area contributed by atoms with Gasteiger partial charge in [0.1, 0.15) is 5.82 Å². The maximum absolute atomic E-state index is 11.7. The van der Waals surface area contributed by atoms with Crippen molar-refractivity contribution in [3.8, 4) is 0 Å². The summed E-state index contributed by atoms with van der Waals surface area (Å²) in [6, 6.07) is 5.35. The summed E-state index contributed by atoms with van der Waals surface area (Å²) < 4.78 is 1.36. The lowest BCUT2D eigenvalue weighted by atomic mass is 9.84. The summed E-state index contributed by atoms with van der Waals surface area (Å²) >= 11 is 0. The van der Waals surface area contributed by atoms with Crippen LogP contribution in [0, 0.1) is 0 Å². The minimum Gasteiger partial charge on any atom is -0.480 e. The van der Waals surface area contributed by atoms with Gasteiger partial charge in [0, 0.05) is 12.3 Å². The standard InChI is InChI=1S/C14H14N4O4/c15-14-16-10-6-5-9(11(13(21)22)18(10)17-14)7-1-3-8(4-2-7)12(19)20/h1-4,9,11H,5-6H2,(H2,15,17)(H,19,20)(H,21,22). The van der Waals surface area contributed by atoms with Gasteiger partial charge in [-0.3, -0.25) is 0 Å². The molecule has 0 fully saturated rings. The number of aliphatic carboxylic acids is 1. The van der Waals surface area contributed by atoms with E-state index < -0.39 is 18.0 Å². The zero-order valence-corrected chi connectivity index (χ0v) is 11.5. The van der Waals surface area contributed by atoms with Gasteiger partial charge in [0.25, 0.3) is 0 Å². The second-order valence-electron chi connectivity index (χ2n) is 5.19. The molecular weight excluding hydrogens is 288 g/mol. The van der Waals surface area contributed by atoms with E-state index in [1.807, 2.05) is 0 Å². The zero-order valence-electron chi connectivity index (χ0n) is 11.5. The van der Waals surface area contributed by atoms with Crippen molar-refractivity contribution in [1.82, 2.24) is 14.8 Å². The van der Waals surface area contributed by atoms with Crippen LogP contribution in [0.1, 0.15) is 40.1 Å². The first-order chi connectivity index (χ1) is 10.5. The number of fused-ring (bicyclic) bond motifs is 1. The molecule has 0 aliphatic carbocycles. The fourth-order valence-electron chi connectivity index (χ4n) is 2.88. The van der Waals surface area contributed by atoms with E-state index in [0.717, 1.165) is 5.56 Å². The number of nitrogens with zero attached hydrogens (tertiary/aromatic N) is 3. The van der Waals surface area contributed by atoms with Crippen LogP contribution in [0.2, 0.25) is 0 Å². The average Bonchev–Trinajstić information content (AvgIpc) is 2.86. The zero-order chi connectivity index (χ0) is 15.9. The van der Waals surface area contributed by atoms with Gasteiger partial charge in [0.15, 0.2) is 6.04 Å². The van der Waals surface area contributed by atoms with E-state index in [1.165, 1.54) is 16.8 Å². The minimum atomic E-state index is -1.02. The molecule has 4 N–H and O–H groups in total. The van der Waals surface area contributed by atoms with Crippen molar-refractivity contribution in [2.45, 2.75) is 24.8 Å². The number of hydrogen-bond acceptors (Lipinski definition) is 5. The van der Waals surface area contributed by atoms with Gasteiger partial charge < -0.3 is 15.9 Å². The highest BCUT2D eigenvalue weighted by Gasteiger charge is 2.37. The van der Waals surface area contributed by atoms with Crippen LogP contribution >= 0.6 is 0 Å². The van der Waals surface area contributed by atoms with Gasteiger partial charge >= 0.3 is 11.9 Å². The SMILES string of the molecule is Nc1nc2n(n1)C(C(=O)O)C(c1ccc(C(=O)O)cc1)CC2. The van der Waals surface area contributed by atoms with E-state index in [-0.39, 0.29) is 17.4 Å². The van der Waals surface area contributed by atoms with Crippen LogP contribution in [-0.4, -0.2) is 36.9 Å². The topological polar surface area (TPSA) is 131 Å². The molecule has 1 aromatic heterocycles. The molecule has 1 aromatic carbocycles. The number of nitrogen functional groups attached to an aromatic ring is 1. The van der Waals surface area contributed by atoms with Gasteiger partial charge in [-0.25, -0.2) is 14.3 Å². The van der Waals surface area contributed by atoms with E-state index in [1.54, 1.807) is 12.1 Å². The number of aromatic nitrogens is 3. The molecule has 114 valence electrons. The number of hydrogen-bond donors (Lipinski definition) is 3. The Labute approximate surface area is 125 Å². The van der Waals surface area contributed by atoms with Crippen molar-refractivity contribution < 1.29 is 19.8 Å². The summed E-state index contributed by atoms with van der Waals surface area (Å²) in [5.74, 6) is -1.73. The number of anilines is 1. The number of aromatic carboxylic acids is 1. The number of aryl methyl sites for hydroxylation is 1. The lowest BCUT2D eigenvalue weighted by Crippen LogP contribution is -2.32. The molecule has 0 bridgehead atoms. The molecule has 2 atom stereocenters. The molecule has 8 heteroatoms. The highest BCUT2D eigenvalue weighted by molar-refractivity contribution is 5.87. The first-order valence-electron chi connectivity index (χ1n) is 6.74. The van der Waals surface area contributed by atoms with Crippen molar-refractivity contribution in [2.75, 3.05) is 5.73 Å². The number of rotatable bonds is 3. The maximum atomic E-state index is 11.7. The summed E-state index contributed by atoms with van der Waals surface area (Å²) in [5.41, 5.74) is 6.48. The summed E-state index contributed by atoms with van der Waals surface area (Å²) in [5, 5.41) is 22.5. The molecule has 2 unspecified atom stereocenters. The quantitative estimate of drug-likeness (QED) is 0.767. The van der Waals surface area contributed by atoms with Crippen LogP contribution in [0.4, 0.5) is 5.95 Å². The number of benzene rings is 1. The number of carbonyl (C=O) groups is 2. The first kappa shape index (κ1) is 14.1. The Morgan fingerprint density at radius 2 is 1.91 bits per heavy atom. The van der Waals surface area contributed by atoms with Crippen LogP contribution in [0.25, 0.3) is 0 Å². The molecule has 0 radical (unpaired) electrons. The average molecular weight is 302 g/mol. The van der Waals surface area contributed by atoms with Gasteiger partial charge in [-0.05, 0) is 24.1 Å². The third-order valence-corrected chi connectivity index (χ3v) is 3.88. The lowest BCUT2D eigenvalue weighted by molar-refractivity contribution is -0.142. The lowest BCUT2D eigenvalue weighted by Gasteiger charge is -2.29. The summed E-state index contributed by atoms with van der Waals surface area (Å²) in [4.78, 5) is 26.6. The Bertz CT molecular complexity index is 738. The molecule has 3 rings (SSSR count). The summed E-state index contributed by atoms with van der Waals surface area (Å²) in [6.45, 7) is 0. The smallest absolute Gasteiger partial charge is 0.335 e. The molecule has 0 spiro atoms. The van der Waals surface area contributed by atoms with Gasteiger partial charge in [0.05, 0.1) is 5.56 Å². The molecule has 0 saturated carbocycles. The molecule has 2 aromatic rings. The van der Waals surface area contributed by atoms with E-state index in [2.05, 4.69) is 10.1 Å². The molecule has 2 heterocycles. The predicted octanol–water partition coefficient (Wildman–Crippen LogP) is 0.914. The summed E-state index contributed by atoms with van der Waals surface area (Å²) in [6.07, 6.45) is 1.15. The van der Waals surface area contributed by atoms with Crippen molar-refractivity contribution in [3.05, 3.63) is 41.2 Å². The van der Waals surface area contributed by atoms with E-state index in [9.17, 15) is 14.7 Å². The van der Waals surface area contributed by atoms with Gasteiger partial charge in [-0.1, -0.05) is 12.1 Å². The number of nitrogens with two attached hydrogens (primary N) is 1. The van der Waals surface area contributed by atoms with Crippen molar-refractivity contribution in [3.63, 3.8) is 0 Å². The maximum Gasteiger partial charge on any atom is 0.335 e. The predicted molar refractivity (Wildman–Crippen MR) is 75.6 cm³/mol. The van der Waals surface area contributed by atoms with E-state index in [0.29, 0.717) is 18.7 Å². The molecule has 0 amide bonds. The minimum absolute atomic E-state index is 0.0584. The monoisotopic (exact) mass is 302 g/mol. The molecule has 1 aliphatic heterocycles. The van der Waals surface area contributed by atoms with Crippen molar-refractivity contribution in [2.24, 2.45) is 0 Å². The molecule has 8 nitrogen and oxygen atoms in total. The van der Waals surface area contributed by atoms with Crippen LogP contribution in [0.5, 0.6) is 0 Å².